The van der Waals surface area contributed by atoms with Crippen LogP contribution in [-0.4, -0.2) is 25.8 Å². The van der Waals surface area contributed by atoms with Crippen LogP contribution < -0.4 is 11.1 Å². The fraction of sp³-hybridized carbons (Fsp3) is 0.0625. The van der Waals surface area contributed by atoms with Crippen molar-refractivity contribution in [3.8, 4) is 11.4 Å². The van der Waals surface area contributed by atoms with Crippen molar-refractivity contribution in [2.45, 2.75) is 6.92 Å². The number of anilines is 2. The predicted octanol–water partition coefficient (Wildman–Crippen LogP) is 2.08. The molecular weight excluding hydrogens is 292 g/mol. The number of rotatable bonds is 3. The van der Waals surface area contributed by atoms with Crippen molar-refractivity contribution in [2.75, 3.05) is 11.1 Å². The molecule has 0 bridgehead atoms. The van der Waals surface area contributed by atoms with E-state index in [9.17, 15) is 4.79 Å². The van der Waals surface area contributed by atoms with Crippen LogP contribution in [-0.2, 0) is 0 Å². The first-order valence-electron chi connectivity index (χ1n) is 6.91. The summed E-state index contributed by atoms with van der Waals surface area (Å²) in [7, 11) is 0. The molecule has 0 saturated heterocycles. The SMILES string of the molecule is Cc1cccnc1NC(=O)c1cnc(-c2ccncc2)nc1N. The van der Waals surface area contributed by atoms with Gasteiger partial charge in [0, 0.05) is 30.4 Å². The van der Waals surface area contributed by atoms with Crippen molar-refractivity contribution >= 4 is 17.5 Å². The lowest BCUT2D eigenvalue weighted by Gasteiger charge is -2.09. The van der Waals surface area contributed by atoms with Gasteiger partial charge in [-0.1, -0.05) is 6.07 Å². The first kappa shape index (κ1) is 14.6. The Hall–Kier alpha value is -3.35. The Morgan fingerprint density at radius 1 is 1.13 bits per heavy atom. The summed E-state index contributed by atoms with van der Waals surface area (Å²) in [6.07, 6.45) is 6.29. The van der Waals surface area contributed by atoms with Gasteiger partial charge in [-0.25, -0.2) is 15.0 Å². The number of hydrogen-bond donors (Lipinski definition) is 2. The van der Waals surface area contributed by atoms with E-state index in [1.54, 1.807) is 36.8 Å². The maximum absolute atomic E-state index is 12.3. The minimum Gasteiger partial charge on any atom is -0.383 e. The van der Waals surface area contributed by atoms with E-state index in [-0.39, 0.29) is 11.4 Å². The van der Waals surface area contributed by atoms with Gasteiger partial charge in [-0.05, 0) is 30.7 Å². The molecule has 0 aliphatic heterocycles. The Balaban J connectivity index is 1.86. The highest BCUT2D eigenvalue weighted by molar-refractivity contribution is 6.06. The van der Waals surface area contributed by atoms with Crippen molar-refractivity contribution in [1.82, 2.24) is 19.9 Å². The summed E-state index contributed by atoms with van der Waals surface area (Å²) < 4.78 is 0. The van der Waals surface area contributed by atoms with Gasteiger partial charge in [0.1, 0.15) is 17.2 Å². The lowest BCUT2D eigenvalue weighted by Crippen LogP contribution is -2.17. The Labute approximate surface area is 132 Å². The highest BCUT2D eigenvalue weighted by Crippen LogP contribution is 2.18. The van der Waals surface area contributed by atoms with Crippen molar-refractivity contribution in [1.29, 1.82) is 0 Å². The van der Waals surface area contributed by atoms with Gasteiger partial charge in [-0.15, -0.1) is 0 Å². The maximum Gasteiger partial charge on any atom is 0.262 e. The molecule has 0 saturated carbocycles. The molecule has 0 fully saturated rings. The van der Waals surface area contributed by atoms with Crippen LogP contribution in [0.25, 0.3) is 11.4 Å². The van der Waals surface area contributed by atoms with Gasteiger partial charge >= 0.3 is 0 Å². The molecule has 0 unspecified atom stereocenters. The van der Waals surface area contributed by atoms with Gasteiger partial charge in [-0.3, -0.25) is 9.78 Å². The number of aromatic nitrogens is 4. The molecule has 0 aliphatic carbocycles. The number of carbonyl (C=O) groups excluding carboxylic acids is 1. The summed E-state index contributed by atoms with van der Waals surface area (Å²) in [6.45, 7) is 1.86. The smallest absolute Gasteiger partial charge is 0.262 e. The number of aryl methyl sites for hydroxylation is 1. The molecule has 7 nitrogen and oxygen atoms in total. The summed E-state index contributed by atoms with van der Waals surface area (Å²) >= 11 is 0. The number of hydrogen-bond acceptors (Lipinski definition) is 6. The summed E-state index contributed by atoms with van der Waals surface area (Å²) in [4.78, 5) is 28.7. The van der Waals surface area contributed by atoms with Crippen molar-refractivity contribution < 1.29 is 4.79 Å². The topological polar surface area (TPSA) is 107 Å². The molecule has 0 atom stereocenters. The standard InChI is InChI=1S/C16H14N6O/c1-10-3-2-6-19-14(10)22-16(23)12-9-20-15(21-13(12)17)11-4-7-18-8-5-11/h2-9H,1H3,(H2,17,20,21)(H,19,22,23). The van der Waals surface area contributed by atoms with E-state index in [0.717, 1.165) is 11.1 Å². The van der Waals surface area contributed by atoms with Gasteiger partial charge < -0.3 is 11.1 Å². The summed E-state index contributed by atoms with van der Waals surface area (Å²) in [6, 6.07) is 7.19. The third kappa shape index (κ3) is 3.13. The Bertz CT molecular complexity index is 850. The largest absolute Gasteiger partial charge is 0.383 e. The lowest BCUT2D eigenvalue weighted by molar-refractivity contribution is 0.102. The van der Waals surface area contributed by atoms with E-state index in [0.29, 0.717) is 11.6 Å². The Kier molecular flexibility index (Phi) is 3.92. The van der Waals surface area contributed by atoms with E-state index in [2.05, 4.69) is 25.3 Å². The second kappa shape index (κ2) is 6.18. The number of nitrogens with one attached hydrogen (secondary N) is 1. The van der Waals surface area contributed by atoms with Crippen LogP contribution in [0.1, 0.15) is 15.9 Å². The first-order chi connectivity index (χ1) is 11.1. The highest BCUT2D eigenvalue weighted by Gasteiger charge is 2.14. The van der Waals surface area contributed by atoms with E-state index >= 15 is 0 Å². The molecule has 3 N–H and O–H groups in total. The quantitative estimate of drug-likeness (QED) is 0.767. The van der Waals surface area contributed by atoms with Crippen LogP contribution in [0.15, 0.2) is 49.1 Å². The number of nitrogen functional groups attached to an aromatic ring is 1. The molecule has 3 aromatic heterocycles. The molecule has 3 rings (SSSR count). The molecule has 7 heteroatoms. The third-order valence-electron chi connectivity index (χ3n) is 3.24. The molecule has 0 aromatic carbocycles. The zero-order valence-corrected chi connectivity index (χ0v) is 12.4. The predicted molar refractivity (Wildman–Crippen MR) is 86.6 cm³/mol. The van der Waals surface area contributed by atoms with E-state index in [4.69, 9.17) is 5.73 Å². The molecule has 0 radical (unpaired) electrons. The van der Waals surface area contributed by atoms with Crippen molar-refractivity contribution in [2.24, 2.45) is 0 Å². The molecule has 1 amide bonds. The lowest BCUT2D eigenvalue weighted by atomic mass is 10.2. The molecule has 3 heterocycles. The highest BCUT2D eigenvalue weighted by atomic mass is 16.1. The first-order valence-corrected chi connectivity index (χ1v) is 6.91. The molecular formula is C16H14N6O. The average molecular weight is 306 g/mol. The second-order valence-corrected chi connectivity index (χ2v) is 4.85. The summed E-state index contributed by atoms with van der Waals surface area (Å²) in [5.74, 6) is 0.633. The van der Waals surface area contributed by atoms with Crippen LogP contribution >= 0.6 is 0 Å². The van der Waals surface area contributed by atoms with Crippen LogP contribution in [0.4, 0.5) is 11.6 Å². The van der Waals surface area contributed by atoms with Gasteiger partial charge in [0.25, 0.3) is 5.91 Å². The number of amides is 1. The number of nitrogens with two attached hydrogens (primary N) is 1. The molecule has 0 spiro atoms. The zero-order valence-electron chi connectivity index (χ0n) is 12.4. The Morgan fingerprint density at radius 3 is 2.61 bits per heavy atom. The number of pyridine rings is 2. The monoisotopic (exact) mass is 306 g/mol. The molecule has 114 valence electrons. The second-order valence-electron chi connectivity index (χ2n) is 4.85. The Morgan fingerprint density at radius 2 is 1.91 bits per heavy atom. The molecule has 23 heavy (non-hydrogen) atoms. The molecule has 0 aliphatic rings. The minimum atomic E-state index is -0.398. The number of nitrogens with zero attached hydrogens (tertiary/aromatic N) is 4. The summed E-state index contributed by atoms with van der Waals surface area (Å²) in [5, 5.41) is 2.71. The van der Waals surface area contributed by atoms with Crippen molar-refractivity contribution in [3.05, 3.63) is 60.2 Å². The van der Waals surface area contributed by atoms with E-state index < -0.39 is 5.91 Å². The normalized spacial score (nSPS) is 10.3. The van der Waals surface area contributed by atoms with Crippen LogP contribution in [0.3, 0.4) is 0 Å². The van der Waals surface area contributed by atoms with Gasteiger partial charge in [0.2, 0.25) is 0 Å². The average Bonchev–Trinajstić information content (AvgIpc) is 2.57. The molecule has 3 aromatic rings. The van der Waals surface area contributed by atoms with Crippen molar-refractivity contribution in [3.63, 3.8) is 0 Å². The van der Waals surface area contributed by atoms with Gasteiger partial charge in [-0.2, -0.15) is 0 Å². The van der Waals surface area contributed by atoms with Gasteiger partial charge in [0.05, 0.1) is 0 Å². The van der Waals surface area contributed by atoms with Gasteiger partial charge in [0.15, 0.2) is 5.82 Å². The third-order valence-corrected chi connectivity index (χ3v) is 3.24. The van der Waals surface area contributed by atoms with Crippen LogP contribution in [0, 0.1) is 6.92 Å². The summed E-state index contributed by atoms with van der Waals surface area (Å²) in [5.41, 5.74) is 7.74. The zero-order chi connectivity index (χ0) is 16.2. The van der Waals surface area contributed by atoms with E-state index in [1.807, 2.05) is 13.0 Å². The minimum absolute atomic E-state index is 0.109. The number of carbonyl (C=O) groups is 1. The fourth-order valence-electron chi connectivity index (χ4n) is 2.00. The van der Waals surface area contributed by atoms with E-state index in [1.165, 1.54) is 6.20 Å². The fourth-order valence-corrected chi connectivity index (χ4v) is 2.00. The maximum atomic E-state index is 12.3. The van der Waals surface area contributed by atoms with Crippen LogP contribution in [0.5, 0.6) is 0 Å². The van der Waals surface area contributed by atoms with Crippen LogP contribution in [0.2, 0.25) is 0 Å².